The first-order valence-corrected chi connectivity index (χ1v) is 8.54. The normalized spacial score (nSPS) is 11.7. The molecule has 0 fully saturated rings. The summed E-state index contributed by atoms with van der Waals surface area (Å²) in [7, 11) is 1.45. The van der Waals surface area contributed by atoms with Gasteiger partial charge in [0.15, 0.2) is 17.5 Å². The maximum absolute atomic E-state index is 14.2. The van der Waals surface area contributed by atoms with Gasteiger partial charge in [-0.25, -0.2) is 17.7 Å². The summed E-state index contributed by atoms with van der Waals surface area (Å²) in [6.07, 6.45) is 1.75. The zero-order valence-corrected chi connectivity index (χ0v) is 15.1. The molecule has 0 N–H and O–H groups in total. The van der Waals surface area contributed by atoms with Crippen molar-refractivity contribution >= 4 is 5.52 Å². The summed E-state index contributed by atoms with van der Waals surface area (Å²) in [6, 6.07) is 3.09. The van der Waals surface area contributed by atoms with Gasteiger partial charge in [-0.15, -0.1) is 5.10 Å². The lowest BCUT2D eigenvalue weighted by Gasteiger charge is -2.13. The van der Waals surface area contributed by atoms with E-state index >= 15 is 0 Å². The van der Waals surface area contributed by atoms with Crippen LogP contribution in [0, 0.1) is 24.4 Å². The molecule has 0 saturated heterocycles. The van der Waals surface area contributed by atoms with E-state index in [2.05, 4.69) is 18.9 Å². The standard InChI is InChI=1S/C19H20F3N3O/c1-5-11(6-2)12-7-10(3)25-17(12)19(26)24(4)18(23-25)13-8-15(21)16(22)9-14(13)20/h7-9,11H,5-6H2,1-4H3. The number of nitrogens with zero attached hydrogens (tertiary/aromatic N) is 3. The molecule has 4 nitrogen and oxygen atoms in total. The summed E-state index contributed by atoms with van der Waals surface area (Å²) in [5, 5.41) is 4.36. The van der Waals surface area contributed by atoms with Crippen LogP contribution < -0.4 is 5.56 Å². The van der Waals surface area contributed by atoms with Crippen molar-refractivity contribution < 1.29 is 13.2 Å². The SMILES string of the molecule is CCC(CC)c1cc(C)n2nc(-c3cc(F)c(F)cc3F)n(C)c(=O)c12. The fourth-order valence-electron chi connectivity index (χ4n) is 3.38. The third-order valence-electron chi connectivity index (χ3n) is 4.88. The van der Waals surface area contributed by atoms with Crippen molar-refractivity contribution in [2.45, 2.75) is 39.5 Å². The van der Waals surface area contributed by atoms with Gasteiger partial charge in [-0.2, -0.15) is 0 Å². The number of aromatic nitrogens is 3. The van der Waals surface area contributed by atoms with Crippen LogP contribution in [-0.4, -0.2) is 14.2 Å². The van der Waals surface area contributed by atoms with E-state index in [1.807, 2.05) is 6.07 Å². The van der Waals surface area contributed by atoms with Crippen molar-refractivity contribution in [2.75, 3.05) is 0 Å². The average molecular weight is 363 g/mol. The number of hydrogen-bond donors (Lipinski definition) is 0. The predicted octanol–water partition coefficient (Wildman–Crippen LogP) is 4.33. The third-order valence-corrected chi connectivity index (χ3v) is 4.88. The van der Waals surface area contributed by atoms with Crippen molar-refractivity contribution in [3.05, 3.63) is 57.3 Å². The van der Waals surface area contributed by atoms with Gasteiger partial charge in [-0.1, -0.05) is 13.8 Å². The molecule has 138 valence electrons. The van der Waals surface area contributed by atoms with Crippen molar-refractivity contribution in [2.24, 2.45) is 7.05 Å². The van der Waals surface area contributed by atoms with Crippen LogP contribution in [0.4, 0.5) is 13.2 Å². The maximum atomic E-state index is 14.2. The molecule has 0 aliphatic carbocycles. The number of fused-ring (bicyclic) bond motifs is 1. The molecule has 0 amide bonds. The predicted molar refractivity (Wildman–Crippen MR) is 93.8 cm³/mol. The Bertz CT molecular complexity index is 1050. The smallest absolute Gasteiger partial charge is 0.278 e. The van der Waals surface area contributed by atoms with Gasteiger partial charge in [-0.05, 0) is 43.4 Å². The first-order chi connectivity index (χ1) is 12.3. The van der Waals surface area contributed by atoms with E-state index in [-0.39, 0.29) is 22.9 Å². The summed E-state index contributed by atoms with van der Waals surface area (Å²) < 4.78 is 43.7. The second-order valence-corrected chi connectivity index (χ2v) is 6.45. The van der Waals surface area contributed by atoms with E-state index < -0.39 is 17.5 Å². The molecule has 3 rings (SSSR count). The van der Waals surface area contributed by atoms with E-state index in [1.165, 1.54) is 16.1 Å². The van der Waals surface area contributed by atoms with Gasteiger partial charge in [0.1, 0.15) is 11.3 Å². The summed E-state index contributed by atoms with van der Waals surface area (Å²) in [4.78, 5) is 13.0. The van der Waals surface area contributed by atoms with E-state index in [1.54, 1.807) is 6.92 Å². The van der Waals surface area contributed by atoms with Crippen LogP contribution >= 0.6 is 0 Å². The van der Waals surface area contributed by atoms with Gasteiger partial charge in [0.25, 0.3) is 5.56 Å². The maximum Gasteiger partial charge on any atom is 0.278 e. The molecule has 2 heterocycles. The lowest BCUT2D eigenvalue weighted by molar-refractivity contribution is 0.495. The Labute approximate surface area is 148 Å². The number of halogens is 3. The summed E-state index contributed by atoms with van der Waals surface area (Å²) in [5.74, 6) is -3.31. The molecule has 7 heteroatoms. The lowest BCUT2D eigenvalue weighted by Crippen LogP contribution is -2.24. The topological polar surface area (TPSA) is 39.3 Å². The fraction of sp³-hybridized carbons (Fsp3) is 0.368. The van der Waals surface area contributed by atoms with Crippen LogP contribution in [0.15, 0.2) is 23.0 Å². The Morgan fingerprint density at radius 2 is 1.65 bits per heavy atom. The number of rotatable bonds is 4. The molecule has 3 aromatic rings. The van der Waals surface area contributed by atoms with E-state index in [4.69, 9.17) is 0 Å². The molecule has 0 atom stereocenters. The molecule has 0 saturated carbocycles. The van der Waals surface area contributed by atoms with Crippen molar-refractivity contribution in [3.63, 3.8) is 0 Å². The Morgan fingerprint density at radius 3 is 2.27 bits per heavy atom. The highest BCUT2D eigenvalue weighted by molar-refractivity contribution is 5.62. The lowest BCUT2D eigenvalue weighted by atomic mass is 9.95. The van der Waals surface area contributed by atoms with Gasteiger partial charge in [-0.3, -0.25) is 9.36 Å². The van der Waals surface area contributed by atoms with Gasteiger partial charge in [0.05, 0.1) is 5.56 Å². The van der Waals surface area contributed by atoms with Crippen LogP contribution in [0.25, 0.3) is 16.9 Å². The molecule has 0 aliphatic rings. The zero-order chi connectivity index (χ0) is 19.2. The number of aryl methyl sites for hydroxylation is 1. The van der Waals surface area contributed by atoms with Crippen molar-refractivity contribution in [1.29, 1.82) is 0 Å². The van der Waals surface area contributed by atoms with Crippen LogP contribution in [0.3, 0.4) is 0 Å². The summed E-state index contributed by atoms with van der Waals surface area (Å²) in [6.45, 7) is 5.91. The van der Waals surface area contributed by atoms with Gasteiger partial charge in [0.2, 0.25) is 0 Å². The monoisotopic (exact) mass is 363 g/mol. The van der Waals surface area contributed by atoms with Gasteiger partial charge < -0.3 is 0 Å². The first kappa shape index (κ1) is 18.2. The molecule has 0 unspecified atom stereocenters. The van der Waals surface area contributed by atoms with Gasteiger partial charge >= 0.3 is 0 Å². The van der Waals surface area contributed by atoms with E-state index in [0.29, 0.717) is 11.6 Å². The Morgan fingerprint density at radius 1 is 1.04 bits per heavy atom. The number of benzene rings is 1. The van der Waals surface area contributed by atoms with Crippen LogP contribution in [0.1, 0.15) is 43.9 Å². The highest BCUT2D eigenvalue weighted by atomic mass is 19.2. The molecule has 1 aromatic carbocycles. The molecule has 2 aromatic heterocycles. The second kappa shape index (κ2) is 6.63. The van der Waals surface area contributed by atoms with Gasteiger partial charge in [0, 0.05) is 18.8 Å². The van der Waals surface area contributed by atoms with Crippen molar-refractivity contribution in [1.82, 2.24) is 14.2 Å². The molecule has 0 bridgehead atoms. The largest absolute Gasteiger partial charge is 0.292 e. The fourth-order valence-corrected chi connectivity index (χ4v) is 3.38. The second-order valence-electron chi connectivity index (χ2n) is 6.45. The Hall–Kier alpha value is -2.57. The van der Waals surface area contributed by atoms with Crippen LogP contribution in [0.5, 0.6) is 0 Å². The minimum atomic E-state index is -1.29. The molecular weight excluding hydrogens is 343 g/mol. The Kier molecular flexibility index (Phi) is 4.64. The first-order valence-electron chi connectivity index (χ1n) is 8.54. The highest BCUT2D eigenvalue weighted by Crippen LogP contribution is 2.29. The molecule has 0 aliphatic heterocycles. The third kappa shape index (κ3) is 2.71. The molecule has 26 heavy (non-hydrogen) atoms. The molecular formula is C19H20F3N3O. The quantitative estimate of drug-likeness (QED) is 0.647. The number of hydrogen-bond acceptors (Lipinski definition) is 2. The minimum Gasteiger partial charge on any atom is -0.292 e. The molecule has 0 radical (unpaired) electrons. The zero-order valence-electron chi connectivity index (χ0n) is 15.1. The van der Waals surface area contributed by atoms with E-state index in [0.717, 1.165) is 30.2 Å². The summed E-state index contributed by atoms with van der Waals surface area (Å²) >= 11 is 0. The van der Waals surface area contributed by atoms with Crippen molar-refractivity contribution in [3.8, 4) is 11.4 Å². The molecule has 0 spiro atoms. The van der Waals surface area contributed by atoms with Crippen LogP contribution in [-0.2, 0) is 7.05 Å². The minimum absolute atomic E-state index is 0.0614. The summed E-state index contributed by atoms with van der Waals surface area (Å²) in [5.41, 5.74) is 1.45. The highest BCUT2D eigenvalue weighted by Gasteiger charge is 2.22. The Balaban J connectivity index is 2.35. The average Bonchev–Trinajstić information content (AvgIpc) is 2.92. The van der Waals surface area contributed by atoms with E-state index in [9.17, 15) is 18.0 Å². The van der Waals surface area contributed by atoms with Crippen LogP contribution in [0.2, 0.25) is 0 Å².